The lowest BCUT2D eigenvalue weighted by Gasteiger charge is -2.24. The summed E-state index contributed by atoms with van der Waals surface area (Å²) in [7, 11) is 2.14. The van der Waals surface area contributed by atoms with E-state index < -0.39 is 0 Å². The smallest absolute Gasteiger partial charge is 0.123 e. The number of nitrogens with zero attached hydrogens (tertiary/aromatic N) is 3. The van der Waals surface area contributed by atoms with E-state index in [0.717, 1.165) is 19.6 Å². The van der Waals surface area contributed by atoms with Gasteiger partial charge in [0.15, 0.2) is 0 Å². The van der Waals surface area contributed by atoms with Crippen LogP contribution < -0.4 is 0 Å². The predicted octanol–water partition coefficient (Wildman–Crippen LogP) is 0.945. The highest BCUT2D eigenvalue weighted by Gasteiger charge is 2.16. The van der Waals surface area contributed by atoms with Crippen molar-refractivity contribution in [3.63, 3.8) is 0 Å². The molecule has 0 aromatic carbocycles. The minimum atomic E-state index is 0.995. The van der Waals surface area contributed by atoms with Crippen LogP contribution in [0.15, 0.2) is 0 Å². The summed E-state index contributed by atoms with van der Waals surface area (Å²) in [5.41, 5.74) is 2.51. The van der Waals surface area contributed by atoms with Crippen molar-refractivity contribution < 1.29 is 0 Å². The number of likely N-dealkylation sites (N-methyl/N-ethyl adjacent to an activating group) is 1. The molecule has 3 nitrogen and oxygen atoms in total. The molecule has 0 N–H and O–H groups in total. The van der Waals surface area contributed by atoms with Crippen LogP contribution in [0, 0.1) is 13.8 Å². The van der Waals surface area contributed by atoms with Crippen molar-refractivity contribution in [1.29, 1.82) is 0 Å². The summed E-state index contributed by atoms with van der Waals surface area (Å²) in [6.45, 7) is 7.47. The van der Waals surface area contributed by atoms with Gasteiger partial charge >= 0.3 is 0 Å². The number of aromatic nitrogens is 2. The molecule has 0 saturated carbocycles. The Kier molecular flexibility index (Phi) is 1.68. The fourth-order valence-electron chi connectivity index (χ4n) is 1.73. The van der Waals surface area contributed by atoms with Gasteiger partial charge in [0.1, 0.15) is 5.82 Å². The van der Waals surface area contributed by atoms with Gasteiger partial charge in [0, 0.05) is 18.8 Å². The second-order valence-corrected chi connectivity index (χ2v) is 3.59. The maximum absolute atomic E-state index is 4.52. The molecule has 1 aromatic rings. The first kappa shape index (κ1) is 7.80. The van der Waals surface area contributed by atoms with E-state index in [0.29, 0.717) is 0 Å². The van der Waals surface area contributed by atoms with Crippen molar-refractivity contribution >= 4 is 0 Å². The highest BCUT2D eigenvalue weighted by atomic mass is 15.2. The molecule has 2 heterocycles. The molecule has 0 amide bonds. The Bertz CT molecular complexity index is 301. The van der Waals surface area contributed by atoms with Gasteiger partial charge in [-0.05, 0) is 20.9 Å². The number of fused-ring (bicyclic) bond motifs is 1. The first-order chi connectivity index (χ1) is 5.68. The first-order valence-electron chi connectivity index (χ1n) is 4.39. The SMILES string of the molecule is Cc1nc2n(c1C)CCN(C)C2. The zero-order valence-corrected chi connectivity index (χ0v) is 7.96. The fraction of sp³-hybridized carbons (Fsp3) is 0.667. The Morgan fingerprint density at radius 2 is 2.00 bits per heavy atom. The van der Waals surface area contributed by atoms with Gasteiger partial charge in [-0.25, -0.2) is 4.98 Å². The molecule has 66 valence electrons. The van der Waals surface area contributed by atoms with Crippen LogP contribution in [0.5, 0.6) is 0 Å². The van der Waals surface area contributed by atoms with E-state index in [2.05, 4.69) is 35.3 Å². The molecule has 1 aliphatic rings. The van der Waals surface area contributed by atoms with E-state index in [1.807, 2.05) is 0 Å². The summed E-state index contributed by atoms with van der Waals surface area (Å²) in [5, 5.41) is 0. The number of imidazole rings is 1. The lowest BCUT2D eigenvalue weighted by molar-refractivity contribution is 0.263. The third-order valence-corrected chi connectivity index (χ3v) is 2.65. The summed E-state index contributed by atoms with van der Waals surface area (Å²) in [5.74, 6) is 1.22. The molecule has 0 radical (unpaired) electrons. The third kappa shape index (κ3) is 1.05. The summed E-state index contributed by atoms with van der Waals surface area (Å²) in [4.78, 5) is 6.83. The Labute approximate surface area is 73.0 Å². The molecule has 0 aliphatic carbocycles. The largest absolute Gasteiger partial charge is 0.330 e. The maximum Gasteiger partial charge on any atom is 0.123 e. The average Bonchev–Trinajstić information content (AvgIpc) is 2.28. The van der Waals surface area contributed by atoms with E-state index in [1.54, 1.807) is 0 Å². The molecule has 0 saturated heterocycles. The first-order valence-corrected chi connectivity index (χ1v) is 4.39. The molecule has 0 unspecified atom stereocenters. The van der Waals surface area contributed by atoms with Crippen molar-refractivity contribution in [1.82, 2.24) is 14.5 Å². The second kappa shape index (κ2) is 2.59. The van der Waals surface area contributed by atoms with Crippen LogP contribution in [0.3, 0.4) is 0 Å². The molecule has 12 heavy (non-hydrogen) atoms. The van der Waals surface area contributed by atoms with E-state index >= 15 is 0 Å². The van der Waals surface area contributed by atoms with Crippen LogP contribution in [-0.2, 0) is 13.1 Å². The molecule has 0 fully saturated rings. The summed E-state index contributed by atoms with van der Waals surface area (Å²) < 4.78 is 2.33. The van der Waals surface area contributed by atoms with E-state index in [-0.39, 0.29) is 0 Å². The zero-order valence-electron chi connectivity index (χ0n) is 7.96. The summed E-state index contributed by atoms with van der Waals surface area (Å²) in [6.07, 6.45) is 0. The standard InChI is InChI=1S/C9H15N3/c1-7-8(2)12-5-4-11(3)6-9(12)10-7/h4-6H2,1-3H3. The van der Waals surface area contributed by atoms with Gasteiger partial charge < -0.3 is 4.57 Å². The molecule has 2 rings (SSSR count). The van der Waals surface area contributed by atoms with Crippen LogP contribution >= 0.6 is 0 Å². The minimum Gasteiger partial charge on any atom is -0.330 e. The van der Waals surface area contributed by atoms with Crippen molar-refractivity contribution in [3.05, 3.63) is 17.2 Å². The van der Waals surface area contributed by atoms with Crippen LogP contribution in [-0.4, -0.2) is 28.0 Å². The predicted molar refractivity (Wildman–Crippen MR) is 48.0 cm³/mol. The van der Waals surface area contributed by atoms with Crippen molar-refractivity contribution in [2.45, 2.75) is 26.9 Å². The van der Waals surface area contributed by atoms with Gasteiger partial charge in [-0.3, -0.25) is 4.90 Å². The number of hydrogen-bond donors (Lipinski definition) is 0. The normalized spacial score (nSPS) is 17.9. The van der Waals surface area contributed by atoms with Crippen LogP contribution in [0.25, 0.3) is 0 Å². The Morgan fingerprint density at radius 1 is 1.25 bits per heavy atom. The van der Waals surface area contributed by atoms with Crippen molar-refractivity contribution in [2.24, 2.45) is 0 Å². The minimum absolute atomic E-state index is 0.995. The molecular formula is C9H15N3. The molecule has 0 atom stereocenters. The Balaban J connectivity index is 2.43. The van der Waals surface area contributed by atoms with Crippen LogP contribution in [0.4, 0.5) is 0 Å². The number of rotatable bonds is 0. The zero-order chi connectivity index (χ0) is 8.72. The van der Waals surface area contributed by atoms with E-state index in [4.69, 9.17) is 0 Å². The quantitative estimate of drug-likeness (QED) is 0.570. The van der Waals surface area contributed by atoms with Crippen molar-refractivity contribution in [3.8, 4) is 0 Å². The average molecular weight is 165 g/mol. The van der Waals surface area contributed by atoms with Gasteiger partial charge in [-0.1, -0.05) is 0 Å². The lowest BCUT2D eigenvalue weighted by atomic mass is 10.3. The highest BCUT2D eigenvalue weighted by molar-refractivity contribution is 5.15. The monoisotopic (exact) mass is 165 g/mol. The maximum atomic E-state index is 4.52. The molecule has 1 aliphatic heterocycles. The molecular weight excluding hydrogens is 150 g/mol. The number of hydrogen-bond acceptors (Lipinski definition) is 2. The van der Waals surface area contributed by atoms with Gasteiger partial charge in [-0.15, -0.1) is 0 Å². The third-order valence-electron chi connectivity index (χ3n) is 2.65. The van der Waals surface area contributed by atoms with E-state index in [9.17, 15) is 0 Å². The topological polar surface area (TPSA) is 21.1 Å². The molecule has 3 heteroatoms. The molecule has 0 bridgehead atoms. The Hall–Kier alpha value is -0.830. The Morgan fingerprint density at radius 3 is 2.75 bits per heavy atom. The van der Waals surface area contributed by atoms with Gasteiger partial charge in [0.2, 0.25) is 0 Å². The van der Waals surface area contributed by atoms with Crippen molar-refractivity contribution in [2.75, 3.05) is 13.6 Å². The van der Waals surface area contributed by atoms with Gasteiger partial charge in [0.05, 0.1) is 12.2 Å². The molecule has 0 spiro atoms. The fourth-order valence-corrected chi connectivity index (χ4v) is 1.73. The summed E-state index contributed by atoms with van der Waals surface area (Å²) >= 11 is 0. The highest BCUT2D eigenvalue weighted by Crippen LogP contribution is 2.15. The van der Waals surface area contributed by atoms with Gasteiger partial charge in [-0.2, -0.15) is 0 Å². The van der Waals surface area contributed by atoms with E-state index in [1.165, 1.54) is 17.2 Å². The van der Waals surface area contributed by atoms with Gasteiger partial charge in [0.25, 0.3) is 0 Å². The molecule has 1 aromatic heterocycles. The number of aryl methyl sites for hydroxylation is 1. The van der Waals surface area contributed by atoms with Crippen LogP contribution in [0.2, 0.25) is 0 Å². The van der Waals surface area contributed by atoms with Crippen LogP contribution in [0.1, 0.15) is 17.2 Å². The summed E-state index contributed by atoms with van der Waals surface area (Å²) in [6, 6.07) is 0. The lowest BCUT2D eigenvalue weighted by Crippen LogP contribution is -2.30. The second-order valence-electron chi connectivity index (χ2n) is 3.59.